The van der Waals surface area contributed by atoms with Gasteiger partial charge in [-0.2, -0.15) is 0 Å². The van der Waals surface area contributed by atoms with E-state index < -0.39 is 43.2 Å². The smallest absolute Gasteiger partial charge is 0.275 e. The summed E-state index contributed by atoms with van der Waals surface area (Å²) in [6, 6.07) is 0. The number of hydrogen-bond donors (Lipinski definition) is 6. The van der Waals surface area contributed by atoms with Crippen LogP contribution in [0.1, 0.15) is 23.1 Å². The SMILES string of the molecule is O=C1NC(CCO)Nc2c1ncn2[C@@H]1O[C@H](CO)[C@@H](O)[C@H]1O. The van der Waals surface area contributed by atoms with Crippen LogP contribution in [0.15, 0.2) is 6.33 Å². The van der Waals surface area contributed by atoms with Gasteiger partial charge in [-0.05, 0) is 0 Å². The predicted molar refractivity (Wildman–Crippen MR) is 71.8 cm³/mol. The van der Waals surface area contributed by atoms with Crippen molar-refractivity contribution in [3.05, 3.63) is 12.0 Å². The molecule has 0 bridgehead atoms. The summed E-state index contributed by atoms with van der Waals surface area (Å²) in [5, 5.41) is 43.6. The molecule has 2 aliphatic heterocycles. The van der Waals surface area contributed by atoms with Crippen LogP contribution in [0.25, 0.3) is 0 Å². The van der Waals surface area contributed by atoms with Crippen molar-refractivity contribution in [1.82, 2.24) is 14.9 Å². The molecule has 2 aliphatic rings. The molecular formula is C12H18N4O6. The van der Waals surface area contributed by atoms with E-state index in [4.69, 9.17) is 14.9 Å². The summed E-state index contributed by atoms with van der Waals surface area (Å²) in [6.45, 7) is -0.554. The number of nitrogens with zero attached hydrogens (tertiary/aromatic N) is 2. The Balaban J connectivity index is 1.89. The molecule has 3 rings (SSSR count). The minimum atomic E-state index is -1.27. The number of carbonyl (C=O) groups excluding carboxylic acids is 1. The van der Waals surface area contributed by atoms with Gasteiger partial charge < -0.3 is 35.8 Å². The highest BCUT2D eigenvalue weighted by atomic mass is 16.6. The van der Waals surface area contributed by atoms with E-state index in [-0.39, 0.29) is 12.3 Å². The average molecular weight is 314 g/mol. The largest absolute Gasteiger partial charge is 0.396 e. The van der Waals surface area contributed by atoms with E-state index in [0.29, 0.717) is 12.2 Å². The molecule has 6 N–H and O–H groups in total. The van der Waals surface area contributed by atoms with Gasteiger partial charge in [0.15, 0.2) is 11.9 Å². The van der Waals surface area contributed by atoms with Crippen molar-refractivity contribution in [2.75, 3.05) is 18.5 Å². The van der Waals surface area contributed by atoms with Crippen molar-refractivity contribution in [1.29, 1.82) is 0 Å². The fourth-order valence-corrected chi connectivity index (χ4v) is 2.67. The van der Waals surface area contributed by atoms with Gasteiger partial charge in [0.25, 0.3) is 5.91 Å². The molecule has 0 saturated carbocycles. The molecule has 10 heteroatoms. The van der Waals surface area contributed by atoms with Gasteiger partial charge >= 0.3 is 0 Å². The highest BCUT2D eigenvalue weighted by Crippen LogP contribution is 2.33. The van der Waals surface area contributed by atoms with Crippen LogP contribution in [0.3, 0.4) is 0 Å². The van der Waals surface area contributed by atoms with Crippen LogP contribution in [0.4, 0.5) is 5.82 Å². The van der Waals surface area contributed by atoms with Gasteiger partial charge in [0, 0.05) is 13.0 Å². The average Bonchev–Trinajstić information content (AvgIpc) is 3.03. The molecule has 1 saturated heterocycles. The molecule has 0 aromatic carbocycles. The summed E-state index contributed by atoms with van der Waals surface area (Å²) in [5.41, 5.74) is 0.131. The number of aromatic nitrogens is 2. The fraction of sp³-hybridized carbons (Fsp3) is 0.667. The topological polar surface area (TPSA) is 149 Å². The minimum Gasteiger partial charge on any atom is -0.396 e. The van der Waals surface area contributed by atoms with E-state index in [1.54, 1.807) is 0 Å². The van der Waals surface area contributed by atoms with E-state index in [0.717, 1.165) is 0 Å². The first-order valence-electron chi connectivity index (χ1n) is 6.94. The quantitative estimate of drug-likeness (QED) is 0.353. The maximum Gasteiger partial charge on any atom is 0.275 e. The summed E-state index contributed by atoms with van der Waals surface area (Å²) in [7, 11) is 0. The van der Waals surface area contributed by atoms with Gasteiger partial charge in [0.05, 0.1) is 12.9 Å². The first-order chi connectivity index (χ1) is 10.6. The third-order valence-corrected chi connectivity index (χ3v) is 3.83. The van der Waals surface area contributed by atoms with Crippen LogP contribution >= 0.6 is 0 Å². The van der Waals surface area contributed by atoms with Gasteiger partial charge in [0.2, 0.25) is 0 Å². The van der Waals surface area contributed by atoms with E-state index in [1.807, 2.05) is 0 Å². The van der Waals surface area contributed by atoms with Crippen LogP contribution in [-0.4, -0.2) is 73.6 Å². The molecule has 1 aromatic heterocycles. The lowest BCUT2D eigenvalue weighted by Gasteiger charge is -2.28. The number of amides is 1. The molecule has 0 aliphatic carbocycles. The van der Waals surface area contributed by atoms with E-state index >= 15 is 0 Å². The van der Waals surface area contributed by atoms with Gasteiger partial charge in [-0.3, -0.25) is 9.36 Å². The first-order valence-corrected chi connectivity index (χ1v) is 6.94. The number of hydrogen-bond acceptors (Lipinski definition) is 8. The summed E-state index contributed by atoms with van der Waals surface area (Å²) in [6.07, 6.45) is -3.25. The highest BCUT2D eigenvalue weighted by molar-refractivity contribution is 5.99. The Kier molecular flexibility index (Phi) is 4.02. The fourth-order valence-electron chi connectivity index (χ4n) is 2.67. The number of carbonyl (C=O) groups is 1. The molecule has 1 fully saturated rings. The number of nitrogens with one attached hydrogen (secondary N) is 2. The number of ether oxygens (including phenoxy) is 1. The molecule has 0 spiro atoms. The second kappa shape index (κ2) is 5.82. The van der Waals surface area contributed by atoms with Crippen molar-refractivity contribution in [2.24, 2.45) is 0 Å². The normalized spacial score (nSPS) is 34.2. The summed E-state index contributed by atoms with van der Waals surface area (Å²) >= 11 is 0. The van der Waals surface area contributed by atoms with Crippen LogP contribution in [0, 0.1) is 0 Å². The molecule has 3 heterocycles. The third-order valence-electron chi connectivity index (χ3n) is 3.83. The standard InChI is InChI=1S/C12H18N4O6/c17-2-1-6-14-10-7(11(21)15-6)13-4-16(10)12-9(20)8(19)5(3-18)22-12/h4-6,8-9,12,14,17-20H,1-3H2,(H,15,21)/t5-,6?,8-,9-,12-/m1/s1. The van der Waals surface area contributed by atoms with Crippen molar-refractivity contribution >= 4 is 11.7 Å². The Bertz CT molecular complexity index is 564. The first kappa shape index (κ1) is 15.2. The molecule has 1 aromatic rings. The van der Waals surface area contributed by atoms with E-state index in [2.05, 4.69) is 15.6 Å². The number of aliphatic hydroxyl groups excluding tert-OH is 4. The molecule has 5 atom stereocenters. The monoisotopic (exact) mass is 314 g/mol. The molecule has 122 valence electrons. The van der Waals surface area contributed by atoms with Gasteiger partial charge in [0.1, 0.15) is 30.3 Å². The van der Waals surface area contributed by atoms with E-state index in [1.165, 1.54) is 10.9 Å². The van der Waals surface area contributed by atoms with Crippen LogP contribution in [-0.2, 0) is 4.74 Å². The maximum atomic E-state index is 12.0. The second-order valence-corrected chi connectivity index (χ2v) is 5.26. The molecule has 0 radical (unpaired) electrons. The lowest BCUT2D eigenvalue weighted by atomic mass is 10.1. The Labute approximate surface area is 125 Å². The van der Waals surface area contributed by atoms with Crippen molar-refractivity contribution in [3.8, 4) is 0 Å². The Morgan fingerprint density at radius 1 is 1.27 bits per heavy atom. The zero-order chi connectivity index (χ0) is 15.9. The molecular weight excluding hydrogens is 296 g/mol. The highest BCUT2D eigenvalue weighted by Gasteiger charge is 2.45. The summed E-state index contributed by atoms with van der Waals surface area (Å²) < 4.78 is 6.83. The number of anilines is 1. The Hall–Kier alpha value is -1.72. The number of fused-ring (bicyclic) bond motifs is 1. The van der Waals surface area contributed by atoms with Crippen LogP contribution in [0.5, 0.6) is 0 Å². The zero-order valence-corrected chi connectivity index (χ0v) is 11.6. The number of rotatable bonds is 4. The zero-order valence-electron chi connectivity index (χ0n) is 11.6. The third kappa shape index (κ3) is 2.34. The van der Waals surface area contributed by atoms with Gasteiger partial charge in [-0.25, -0.2) is 4.98 Å². The van der Waals surface area contributed by atoms with Gasteiger partial charge in [-0.1, -0.05) is 0 Å². The summed E-state index contributed by atoms with van der Waals surface area (Å²) in [4.78, 5) is 15.9. The number of aliphatic hydroxyl groups is 4. The van der Waals surface area contributed by atoms with Crippen LogP contribution < -0.4 is 10.6 Å². The molecule has 22 heavy (non-hydrogen) atoms. The molecule has 10 nitrogen and oxygen atoms in total. The van der Waals surface area contributed by atoms with Gasteiger partial charge in [-0.15, -0.1) is 0 Å². The minimum absolute atomic E-state index is 0.116. The van der Waals surface area contributed by atoms with E-state index in [9.17, 15) is 15.0 Å². The predicted octanol–water partition coefficient (Wildman–Crippen LogP) is -2.64. The van der Waals surface area contributed by atoms with Crippen molar-refractivity contribution in [3.63, 3.8) is 0 Å². The second-order valence-electron chi connectivity index (χ2n) is 5.26. The summed E-state index contributed by atoms with van der Waals surface area (Å²) in [5.74, 6) is -0.0743. The maximum absolute atomic E-state index is 12.0. The molecule has 1 unspecified atom stereocenters. The van der Waals surface area contributed by atoms with Crippen molar-refractivity contribution < 1.29 is 30.0 Å². The lowest BCUT2D eigenvalue weighted by Crippen LogP contribution is -2.46. The Morgan fingerprint density at radius 2 is 2.05 bits per heavy atom. The molecule has 1 amide bonds. The lowest BCUT2D eigenvalue weighted by molar-refractivity contribution is -0.0519. The number of imidazole rings is 1. The van der Waals surface area contributed by atoms with Crippen LogP contribution in [0.2, 0.25) is 0 Å². The van der Waals surface area contributed by atoms with Crippen molar-refractivity contribution in [2.45, 2.75) is 37.1 Å². The Morgan fingerprint density at radius 3 is 2.68 bits per heavy atom.